The maximum atomic E-state index is 14.1. The van der Waals surface area contributed by atoms with Gasteiger partial charge in [-0.3, -0.25) is 14.8 Å². The molecule has 0 aliphatic carbocycles. The molecule has 2 N–H and O–H groups in total. The van der Waals surface area contributed by atoms with Crippen molar-refractivity contribution in [3.8, 4) is 5.75 Å². The van der Waals surface area contributed by atoms with E-state index in [4.69, 9.17) is 16.3 Å². The second kappa shape index (κ2) is 9.61. The summed E-state index contributed by atoms with van der Waals surface area (Å²) < 4.78 is 21.2. The van der Waals surface area contributed by atoms with E-state index < -0.39 is 11.7 Å². The van der Waals surface area contributed by atoms with Gasteiger partial charge in [0.05, 0.1) is 30.6 Å². The average molecular weight is 444 g/mol. The van der Waals surface area contributed by atoms with Gasteiger partial charge in [0.25, 0.3) is 5.91 Å². The zero-order valence-electron chi connectivity index (χ0n) is 17.7. The summed E-state index contributed by atoms with van der Waals surface area (Å²) in [6, 6.07) is 10.7. The minimum absolute atomic E-state index is 0.0937. The number of carbonyl (C=O) groups excluding carboxylic acids is 1. The number of anilines is 1. The van der Waals surface area contributed by atoms with Crippen LogP contribution in [0.3, 0.4) is 0 Å². The highest BCUT2D eigenvalue weighted by molar-refractivity contribution is 6.31. The Morgan fingerprint density at radius 2 is 2.00 bits per heavy atom. The molecule has 162 valence electrons. The number of hydrogen-bond donors (Lipinski definition) is 2. The molecule has 31 heavy (non-hydrogen) atoms. The van der Waals surface area contributed by atoms with Crippen LogP contribution >= 0.6 is 11.6 Å². The molecule has 0 saturated heterocycles. The van der Waals surface area contributed by atoms with E-state index in [2.05, 4.69) is 20.7 Å². The summed E-state index contributed by atoms with van der Waals surface area (Å²) in [4.78, 5) is 17.2. The van der Waals surface area contributed by atoms with Crippen molar-refractivity contribution in [3.05, 3.63) is 75.8 Å². The largest absolute Gasteiger partial charge is 0.495 e. The number of aliphatic imine (C=N–C) groups is 1. The number of rotatable bonds is 5. The van der Waals surface area contributed by atoms with E-state index in [0.717, 1.165) is 17.0 Å². The van der Waals surface area contributed by atoms with Gasteiger partial charge >= 0.3 is 0 Å². The molecule has 3 aromatic rings. The lowest BCUT2D eigenvalue weighted by atomic mass is 10.2. The van der Waals surface area contributed by atoms with Gasteiger partial charge in [0.2, 0.25) is 5.96 Å². The maximum Gasteiger partial charge on any atom is 0.260 e. The molecule has 0 fully saturated rings. The number of nitrogens with zero attached hydrogens (tertiary/aromatic N) is 3. The van der Waals surface area contributed by atoms with E-state index in [9.17, 15) is 9.18 Å². The maximum absolute atomic E-state index is 14.1. The van der Waals surface area contributed by atoms with Crippen LogP contribution in [0.25, 0.3) is 0 Å². The Bertz CT molecular complexity index is 1140. The fourth-order valence-electron chi connectivity index (χ4n) is 3.04. The Morgan fingerprint density at radius 3 is 2.65 bits per heavy atom. The monoisotopic (exact) mass is 443 g/mol. The van der Waals surface area contributed by atoms with Crippen molar-refractivity contribution in [1.82, 2.24) is 15.1 Å². The van der Waals surface area contributed by atoms with Gasteiger partial charge < -0.3 is 10.1 Å². The minimum Gasteiger partial charge on any atom is -0.495 e. The Balaban J connectivity index is 1.94. The molecule has 1 heterocycles. The van der Waals surface area contributed by atoms with Gasteiger partial charge in [0.15, 0.2) is 0 Å². The van der Waals surface area contributed by atoms with Crippen LogP contribution in [0.15, 0.2) is 47.5 Å². The molecule has 3 rings (SSSR count). The summed E-state index contributed by atoms with van der Waals surface area (Å²) in [5, 5.41) is 10.5. The number of benzene rings is 2. The fraction of sp³-hybridized carbons (Fsp3) is 0.227. The summed E-state index contributed by atoms with van der Waals surface area (Å²) in [6.07, 6.45) is 0. The first kappa shape index (κ1) is 22.3. The van der Waals surface area contributed by atoms with Gasteiger partial charge in [-0.05, 0) is 44.2 Å². The molecule has 7 nitrogen and oxygen atoms in total. The van der Waals surface area contributed by atoms with E-state index in [-0.39, 0.29) is 18.1 Å². The van der Waals surface area contributed by atoms with E-state index in [0.29, 0.717) is 16.5 Å². The smallest absolute Gasteiger partial charge is 0.260 e. The molecule has 0 spiro atoms. The number of guanidine groups is 1. The number of amides is 1. The third kappa shape index (κ3) is 5.21. The van der Waals surface area contributed by atoms with E-state index in [1.165, 1.54) is 25.3 Å². The second-order valence-corrected chi connectivity index (χ2v) is 7.28. The number of nitrogens with one attached hydrogen (secondary N) is 2. The number of halogens is 2. The highest BCUT2D eigenvalue weighted by Crippen LogP contribution is 2.27. The normalized spacial score (nSPS) is 11.4. The second-order valence-electron chi connectivity index (χ2n) is 6.84. The molecule has 0 atom stereocenters. The fourth-order valence-corrected chi connectivity index (χ4v) is 3.21. The molecule has 0 bridgehead atoms. The molecule has 0 unspecified atom stereocenters. The lowest BCUT2D eigenvalue weighted by Gasteiger charge is -2.15. The number of hydrogen-bond acceptors (Lipinski definition) is 4. The zero-order valence-corrected chi connectivity index (χ0v) is 18.4. The summed E-state index contributed by atoms with van der Waals surface area (Å²) >= 11 is 6.11. The van der Waals surface area contributed by atoms with E-state index >= 15 is 0 Å². The Hall–Kier alpha value is -3.39. The molecule has 1 amide bonds. The molecule has 0 saturated carbocycles. The Morgan fingerprint density at radius 1 is 1.26 bits per heavy atom. The highest BCUT2D eigenvalue weighted by Gasteiger charge is 2.16. The van der Waals surface area contributed by atoms with Crippen molar-refractivity contribution in [2.75, 3.05) is 12.4 Å². The van der Waals surface area contributed by atoms with Crippen molar-refractivity contribution in [1.29, 1.82) is 0 Å². The summed E-state index contributed by atoms with van der Waals surface area (Å²) in [6.45, 7) is 4.09. The van der Waals surface area contributed by atoms with Crippen molar-refractivity contribution in [3.63, 3.8) is 0 Å². The molecule has 2 aromatic carbocycles. The van der Waals surface area contributed by atoms with Crippen molar-refractivity contribution < 1.29 is 13.9 Å². The molecule has 9 heteroatoms. The Labute approximate surface area is 184 Å². The van der Waals surface area contributed by atoms with E-state index in [1.807, 2.05) is 20.9 Å². The topological polar surface area (TPSA) is 80.5 Å². The van der Waals surface area contributed by atoms with Gasteiger partial charge in [-0.15, -0.1) is 0 Å². The lowest BCUT2D eigenvalue weighted by molar-refractivity contribution is 0.0973. The Kier molecular flexibility index (Phi) is 6.91. The van der Waals surface area contributed by atoms with Gasteiger partial charge in [0, 0.05) is 23.3 Å². The predicted octanol–water partition coefficient (Wildman–Crippen LogP) is 4.24. The van der Waals surface area contributed by atoms with E-state index in [1.54, 1.807) is 28.9 Å². The number of ether oxygens (including phenoxy) is 1. The van der Waals surface area contributed by atoms with Gasteiger partial charge in [-0.25, -0.2) is 9.38 Å². The predicted molar refractivity (Wildman–Crippen MR) is 119 cm³/mol. The number of methoxy groups -OCH3 is 1. The van der Waals surface area contributed by atoms with Crippen LogP contribution in [-0.4, -0.2) is 28.8 Å². The summed E-state index contributed by atoms with van der Waals surface area (Å²) in [5.74, 6) is -0.633. The zero-order chi connectivity index (χ0) is 22.5. The first-order valence-electron chi connectivity index (χ1n) is 9.50. The van der Waals surface area contributed by atoms with Crippen LogP contribution in [0.2, 0.25) is 5.02 Å². The lowest BCUT2D eigenvalue weighted by Crippen LogP contribution is -2.36. The van der Waals surface area contributed by atoms with Gasteiger partial charge in [-0.1, -0.05) is 23.7 Å². The number of aryl methyl sites for hydroxylation is 2. The van der Waals surface area contributed by atoms with Crippen LogP contribution in [0, 0.1) is 19.7 Å². The van der Waals surface area contributed by atoms with Crippen LogP contribution in [-0.2, 0) is 13.6 Å². The third-order valence-corrected chi connectivity index (χ3v) is 5.05. The van der Waals surface area contributed by atoms with Crippen LogP contribution in [0.1, 0.15) is 27.3 Å². The van der Waals surface area contributed by atoms with Crippen molar-refractivity contribution in [2.24, 2.45) is 12.0 Å². The van der Waals surface area contributed by atoms with Gasteiger partial charge in [0.1, 0.15) is 11.6 Å². The van der Waals surface area contributed by atoms with Crippen LogP contribution in [0.5, 0.6) is 5.75 Å². The van der Waals surface area contributed by atoms with Crippen molar-refractivity contribution in [2.45, 2.75) is 20.4 Å². The SMILES string of the molecule is COc1ccc(Cl)cc1NC(=NCc1c(C)nn(C)c1C)NC(=O)c1ccccc1F. The standard InChI is InChI=1S/C22H23ClFN5O2/c1-13-17(14(2)29(3)28-13)12-25-22(26-19-11-15(23)9-10-20(19)31-4)27-21(30)16-7-5-6-8-18(16)24/h5-11H,12H2,1-4H3,(H2,25,26,27,30). The quantitative estimate of drug-likeness (QED) is 0.456. The molecular weight excluding hydrogens is 421 g/mol. The van der Waals surface area contributed by atoms with Crippen LogP contribution < -0.4 is 15.4 Å². The number of carbonyl (C=O) groups is 1. The highest BCUT2D eigenvalue weighted by atomic mass is 35.5. The molecule has 0 aliphatic heterocycles. The average Bonchev–Trinajstić information content (AvgIpc) is 2.97. The molecule has 1 aromatic heterocycles. The minimum atomic E-state index is -0.634. The van der Waals surface area contributed by atoms with Crippen molar-refractivity contribution >= 4 is 29.2 Å². The third-order valence-electron chi connectivity index (χ3n) is 4.82. The summed E-state index contributed by atoms with van der Waals surface area (Å²) in [7, 11) is 3.37. The first-order valence-corrected chi connectivity index (χ1v) is 9.88. The molecular formula is C22H23ClFN5O2. The molecule has 0 radical (unpaired) electrons. The van der Waals surface area contributed by atoms with Gasteiger partial charge in [-0.2, -0.15) is 5.10 Å². The first-order chi connectivity index (χ1) is 14.8. The summed E-state index contributed by atoms with van der Waals surface area (Å²) in [5.41, 5.74) is 3.14. The number of aromatic nitrogens is 2. The molecule has 0 aliphatic rings. The van der Waals surface area contributed by atoms with Crippen LogP contribution in [0.4, 0.5) is 10.1 Å².